The molecule has 14 heavy (non-hydrogen) atoms. The Morgan fingerprint density at radius 3 is 2.50 bits per heavy atom. The first-order valence-electron chi connectivity index (χ1n) is 3.73. The second-order valence-corrected chi connectivity index (χ2v) is 4.05. The number of aromatic carboxylic acids is 1. The molecule has 2 nitrogen and oxygen atoms in total. The molecule has 0 atom stereocenters. The molecule has 0 bridgehead atoms. The number of alkyl halides is 2. The zero-order chi connectivity index (χ0) is 10.9. The molecule has 0 unspecified atom stereocenters. The molecule has 0 amide bonds. The summed E-state index contributed by atoms with van der Waals surface area (Å²) in [6.07, 6.45) is 0. The van der Waals surface area contributed by atoms with E-state index in [0.717, 1.165) is 13.0 Å². The van der Waals surface area contributed by atoms with Crippen LogP contribution in [0.3, 0.4) is 0 Å². The van der Waals surface area contributed by atoms with Crippen molar-refractivity contribution >= 4 is 28.6 Å². The average Bonchev–Trinajstić information content (AvgIpc) is 2.02. The fourth-order valence-corrected chi connectivity index (χ4v) is 1.53. The van der Waals surface area contributed by atoms with Crippen LogP contribution >= 0.6 is 22.6 Å². The molecule has 0 fully saturated rings. The van der Waals surface area contributed by atoms with Gasteiger partial charge in [-0.3, -0.25) is 0 Å². The third-order valence-corrected chi connectivity index (χ3v) is 2.64. The molecule has 0 heterocycles. The van der Waals surface area contributed by atoms with E-state index < -0.39 is 11.9 Å². The van der Waals surface area contributed by atoms with Crippen LogP contribution in [0, 0.1) is 3.57 Å². The van der Waals surface area contributed by atoms with E-state index in [0.29, 0.717) is 3.57 Å². The van der Waals surface area contributed by atoms with E-state index in [2.05, 4.69) is 0 Å². The van der Waals surface area contributed by atoms with Gasteiger partial charge in [-0.25, -0.2) is 13.6 Å². The van der Waals surface area contributed by atoms with Crippen molar-refractivity contribution in [3.05, 3.63) is 32.9 Å². The van der Waals surface area contributed by atoms with Crippen LogP contribution in [-0.2, 0) is 5.92 Å². The van der Waals surface area contributed by atoms with Crippen LogP contribution in [-0.4, -0.2) is 11.1 Å². The summed E-state index contributed by atoms with van der Waals surface area (Å²) in [6, 6.07) is 3.61. The Morgan fingerprint density at radius 1 is 1.50 bits per heavy atom. The average molecular weight is 312 g/mol. The van der Waals surface area contributed by atoms with Crippen LogP contribution in [0.2, 0.25) is 0 Å². The number of carboxylic acids is 1. The summed E-state index contributed by atoms with van der Waals surface area (Å²) in [5.41, 5.74) is -0.375. The SMILES string of the molecule is CC(F)(F)c1ccc(I)c(C(=O)O)c1. The summed E-state index contributed by atoms with van der Waals surface area (Å²) in [7, 11) is 0. The smallest absolute Gasteiger partial charge is 0.336 e. The summed E-state index contributed by atoms with van der Waals surface area (Å²) >= 11 is 1.79. The van der Waals surface area contributed by atoms with Gasteiger partial charge in [0.15, 0.2) is 0 Å². The van der Waals surface area contributed by atoms with Crippen LogP contribution < -0.4 is 0 Å². The molecule has 1 N–H and O–H groups in total. The molecule has 0 saturated heterocycles. The molecule has 0 aromatic heterocycles. The van der Waals surface area contributed by atoms with Gasteiger partial charge in [0, 0.05) is 16.1 Å². The van der Waals surface area contributed by atoms with E-state index in [4.69, 9.17) is 5.11 Å². The molecule has 0 aliphatic heterocycles. The highest BCUT2D eigenvalue weighted by Crippen LogP contribution is 2.28. The molecule has 1 aromatic rings. The monoisotopic (exact) mass is 312 g/mol. The Hall–Kier alpha value is -0.720. The zero-order valence-corrected chi connectivity index (χ0v) is 9.38. The zero-order valence-electron chi connectivity index (χ0n) is 7.22. The lowest BCUT2D eigenvalue weighted by atomic mass is 10.1. The number of hydrogen-bond donors (Lipinski definition) is 1. The summed E-state index contributed by atoms with van der Waals surface area (Å²) in [5.74, 6) is -4.20. The Labute approximate surface area is 93.1 Å². The van der Waals surface area contributed by atoms with Crippen LogP contribution in [0.4, 0.5) is 8.78 Å². The van der Waals surface area contributed by atoms with E-state index in [1.807, 2.05) is 0 Å². The fourth-order valence-electron chi connectivity index (χ4n) is 0.962. The van der Waals surface area contributed by atoms with Gasteiger partial charge >= 0.3 is 5.97 Å². The lowest BCUT2D eigenvalue weighted by Gasteiger charge is -2.11. The number of carboxylic acid groups (broad SMARTS) is 1. The van der Waals surface area contributed by atoms with Crippen molar-refractivity contribution in [2.45, 2.75) is 12.8 Å². The third-order valence-electron chi connectivity index (χ3n) is 1.70. The summed E-state index contributed by atoms with van der Waals surface area (Å²) in [5, 5.41) is 8.71. The second kappa shape index (κ2) is 3.80. The van der Waals surface area contributed by atoms with Gasteiger partial charge in [0.25, 0.3) is 5.92 Å². The van der Waals surface area contributed by atoms with Crippen molar-refractivity contribution in [2.24, 2.45) is 0 Å². The van der Waals surface area contributed by atoms with Gasteiger partial charge in [-0.15, -0.1) is 0 Å². The number of benzene rings is 1. The van der Waals surface area contributed by atoms with E-state index >= 15 is 0 Å². The maximum atomic E-state index is 12.8. The van der Waals surface area contributed by atoms with Gasteiger partial charge in [0.05, 0.1) is 5.56 Å². The van der Waals surface area contributed by atoms with Crippen molar-refractivity contribution in [3.63, 3.8) is 0 Å². The van der Waals surface area contributed by atoms with E-state index in [-0.39, 0.29) is 11.1 Å². The van der Waals surface area contributed by atoms with Crippen molar-refractivity contribution in [1.82, 2.24) is 0 Å². The standard InChI is InChI=1S/C9H7F2IO2/c1-9(10,11)5-2-3-7(12)6(4-5)8(13)14/h2-4H,1H3,(H,13,14). The second-order valence-electron chi connectivity index (χ2n) is 2.89. The van der Waals surface area contributed by atoms with Crippen LogP contribution in [0.15, 0.2) is 18.2 Å². The molecule has 0 spiro atoms. The van der Waals surface area contributed by atoms with Crippen molar-refractivity contribution in [1.29, 1.82) is 0 Å². The first-order chi connectivity index (χ1) is 6.32. The minimum absolute atomic E-state index is 0.0929. The first kappa shape index (κ1) is 11.4. The van der Waals surface area contributed by atoms with Crippen molar-refractivity contribution < 1.29 is 18.7 Å². The van der Waals surface area contributed by atoms with Crippen molar-refractivity contribution in [3.8, 4) is 0 Å². The highest BCUT2D eigenvalue weighted by molar-refractivity contribution is 14.1. The molecule has 1 rings (SSSR count). The quantitative estimate of drug-likeness (QED) is 0.852. The van der Waals surface area contributed by atoms with Gasteiger partial charge in [-0.1, -0.05) is 6.07 Å². The molecule has 0 aliphatic carbocycles. The molecule has 0 radical (unpaired) electrons. The summed E-state index contributed by atoms with van der Waals surface area (Å²) in [4.78, 5) is 10.7. The van der Waals surface area contributed by atoms with Gasteiger partial charge in [0.2, 0.25) is 0 Å². The molecular formula is C9H7F2IO2. The summed E-state index contributed by atoms with van der Waals surface area (Å²) in [6.45, 7) is 0.737. The first-order valence-corrected chi connectivity index (χ1v) is 4.81. The normalized spacial score (nSPS) is 11.4. The van der Waals surface area contributed by atoms with E-state index in [1.54, 1.807) is 22.6 Å². The number of halogens is 3. The van der Waals surface area contributed by atoms with E-state index in [1.165, 1.54) is 12.1 Å². The maximum Gasteiger partial charge on any atom is 0.336 e. The Bertz CT molecular complexity index is 372. The van der Waals surface area contributed by atoms with Gasteiger partial charge in [-0.2, -0.15) is 0 Å². The van der Waals surface area contributed by atoms with Crippen molar-refractivity contribution in [2.75, 3.05) is 0 Å². The molecular weight excluding hydrogens is 305 g/mol. The van der Waals surface area contributed by atoms with Crippen LogP contribution in [0.1, 0.15) is 22.8 Å². The number of carbonyl (C=O) groups is 1. The molecule has 5 heteroatoms. The maximum absolute atomic E-state index is 12.8. The fraction of sp³-hybridized carbons (Fsp3) is 0.222. The van der Waals surface area contributed by atoms with Gasteiger partial charge < -0.3 is 5.11 Å². The number of hydrogen-bond acceptors (Lipinski definition) is 1. The Kier molecular flexibility index (Phi) is 3.08. The van der Waals surface area contributed by atoms with Crippen LogP contribution in [0.5, 0.6) is 0 Å². The summed E-state index contributed by atoms with van der Waals surface area (Å²) < 4.78 is 26.1. The lowest BCUT2D eigenvalue weighted by Crippen LogP contribution is -2.09. The lowest BCUT2D eigenvalue weighted by molar-refractivity contribution is 0.0174. The van der Waals surface area contributed by atoms with Gasteiger partial charge in [-0.05, 0) is 34.7 Å². The third kappa shape index (κ3) is 2.40. The van der Waals surface area contributed by atoms with E-state index in [9.17, 15) is 13.6 Å². The highest BCUT2D eigenvalue weighted by atomic mass is 127. The van der Waals surface area contributed by atoms with Gasteiger partial charge in [0.1, 0.15) is 0 Å². The molecule has 0 saturated carbocycles. The van der Waals surface area contributed by atoms with Crippen LogP contribution in [0.25, 0.3) is 0 Å². The topological polar surface area (TPSA) is 37.3 Å². The molecule has 76 valence electrons. The molecule has 1 aromatic carbocycles. The molecule has 0 aliphatic rings. The number of rotatable bonds is 2. The predicted molar refractivity (Wildman–Crippen MR) is 55.7 cm³/mol. The highest BCUT2D eigenvalue weighted by Gasteiger charge is 2.25. The Morgan fingerprint density at radius 2 is 2.07 bits per heavy atom. The minimum Gasteiger partial charge on any atom is -0.478 e. The minimum atomic E-state index is -3.01. The predicted octanol–water partition coefficient (Wildman–Crippen LogP) is 3.10. The largest absolute Gasteiger partial charge is 0.478 e. The Balaban J connectivity index is 3.27.